The highest BCUT2D eigenvalue weighted by Crippen LogP contribution is 2.36. The van der Waals surface area contributed by atoms with E-state index in [2.05, 4.69) is 221 Å². The molecule has 0 heterocycles. The molecule has 0 N–H and O–H groups in total. The number of aryl methyl sites for hydroxylation is 1. The molecule has 5 rings (SSSR count). The van der Waals surface area contributed by atoms with Crippen molar-refractivity contribution in [2.45, 2.75) is 66.8 Å². The van der Waals surface area contributed by atoms with E-state index < -0.39 is 0 Å². The number of nitrogens with zero attached hydrogens (tertiary/aromatic N) is 3. The van der Waals surface area contributed by atoms with Crippen molar-refractivity contribution in [3.05, 3.63) is 186 Å². The molecular formula is C50H55N3. The van der Waals surface area contributed by atoms with Crippen LogP contribution in [0, 0.1) is 6.92 Å². The Morgan fingerprint density at radius 2 is 1.34 bits per heavy atom. The van der Waals surface area contributed by atoms with Crippen LogP contribution in [-0.2, 0) is 0 Å². The minimum Gasteiger partial charge on any atom is -0.326 e. The summed E-state index contributed by atoms with van der Waals surface area (Å²) in [5.74, 6) is 1.01. The van der Waals surface area contributed by atoms with Crippen molar-refractivity contribution in [2.24, 2.45) is 4.99 Å². The highest BCUT2D eigenvalue weighted by Gasteiger charge is 2.19. The largest absolute Gasteiger partial charge is 0.326 e. The Labute approximate surface area is 319 Å². The molecule has 0 saturated heterocycles. The van der Waals surface area contributed by atoms with Gasteiger partial charge in [0, 0.05) is 40.9 Å². The fourth-order valence-corrected chi connectivity index (χ4v) is 6.46. The predicted molar refractivity (Wildman–Crippen MR) is 233 cm³/mol. The molecule has 0 bridgehead atoms. The minimum atomic E-state index is 0.156. The fourth-order valence-electron chi connectivity index (χ4n) is 6.46. The van der Waals surface area contributed by atoms with Gasteiger partial charge < -0.3 is 9.80 Å². The van der Waals surface area contributed by atoms with Crippen LogP contribution in [0.4, 0.5) is 22.7 Å². The Kier molecular flexibility index (Phi) is 14.4. The second-order valence-electron chi connectivity index (χ2n) is 13.6. The molecule has 0 saturated carbocycles. The third-order valence-corrected chi connectivity index (χ3v) is 9.16. The van der Waals surface area contributed by atoms with Crippen LogP contribution in [0.5, 0.6) is 0 Å². The second kappa shape index (κ2) is 19.8. The molecule has 1 unspecified atom stereocenters. The van der Waals surface area contributed by atoms with Gasteiger partial charge in [-0.3, -0.25) is 4.99 Å². The van der Waals surface area contributed by atoms with Gasteiger partial charge in [-0.1, -0.05) is 121 Å². The molecular weight excluding hydrogens is 643 g/mol. The second-order valence-corrected chi connectivity index (χ2v) is 13.6. The summed E-state index contributed by atoms with van der Waals surface area (Å²) in [7, 11) is 0. The molecule has 270 valence electrons. The molecule has 5 aromatic rings. The van der Waals surface area contributed by atoms with Crippen LogP contribution in [0.1, 0.15) is 70.6 Å². The van der Waals surface area contributed by atoms with Crippen molar-refractivity contribution >= 4 is 34.7 Å². The van der Waals surface area contributed by atoms with E-state index in [1.165, 1.54) is 11.1 Å². The van der Waals surface area contributed by atoms with Gasteiger partial charge in [0.05, 0.1) is 0 Å². The number of anilines is 4. The lowest BCUT2D eigenvalue weighted by atomic mass is 9.97. The van der Waals surface area contributed by atoms with Crippen molar-refractivity contribution in [2.75, 3.05) is 16.3 Å². The molecule has 0 aliphatic rings. The molecule has 0 amide bonds. The van der Waals surface area contributed by atoms with Crippen molar-refractivity contribution in [1.82, 2.24) is 0 Å². The van der Waals surface area contributed by atoms with E-state index >= 15 is 0 Å². The summed E-state index contributed by atoms with van der Waals surface area (Å²) in [6.07, 6.45) is 18.1. The predicted octanol–water partition coefficient (Wildman–Crippen LogP) is 14.1. The van der Waals surface area contributed by atoms with E-state index in [-0.39, 0.29) is 6.04 Å². The van der Waals surface area contributed by atoms with Gasteiger partial charge >= 0.3 is 0 Å². The van der Waals surface area contributed by atoms with E-state index in [1.807, 2.05) is 0 Å². The maximum absolute atomic E-state index is 5.49. The van der Waals surface area contributed by atoms with E-state index in [1.54, 1.807) is 0 Å². The van der Waals surface area contributed by atoms with Gasteiger partial charge in [-0.05, 0) is 137 Å². The van der Waals surface area contributed by atoms with Crippen LogP contribution in [-0.4, -0.2) is 18.4 Å². The number of amidine groups is 1. The number of allylic oxidation sites excluding steroid dienone is 7. The van der Waals surface area contributed by atoms with E-state index in [4.69, 9.17) is 4.99 Å². The number of para-hydroxylation sites is 2. The van der Waals surface area contributed by atoms with Crippen LogP contribution in [0.25, 0.3) is 17.2 Å². The van der Waals surface area contributed by atoms with Gasteiger partial charge in [-0.15, -0.1) is 0 Å². The summed E-state index contributed by atoms with van der Waals surface area (Å²) in [5.41, 5.74) is 11.5. The first-order chi connectivity index (χ1) is 25.9. The monoisotopic (exact) mass is 697 g/mol. The first kappa shape index (κ1) is 38.6. The van der Waals surface area contributed by atoms with Gasteiger partial charge in [-0.2, -0.15) is 0 Å². The Balaban J connectivity index is 1.64. The molecule has 0 spiro atoms. The molecule has 0 aromatic heterocycles. The molecule has 53 heavy (non-hydrogen) atoms. The number of rotatable bonds is 15. The van der Waals surface area contributed by atoms with Crippen molar-refractivity contribution in [1.29, 1.82) is 0 Å². The Hall–Kier alpha value is -5.67. The van der Waals surface area contributed by atoms with Gasteiger partial charge in [0.2, 0.25) is 0 Å². The summed E-state index contributed by atoms with van der Waals surface area (Å²) in [4.78, 5) is 10.2. The van der Waals surface area contributed by atoms with E-state index in [0.717, 1.165) is 76.6 Å². The zero-order valence-corrected chi connectivity index (χ0v) is 32.4. The van der Waals surface area contributed by atoms with Crippen molar-refractivity contribution in [3.63, 3.8) is 0 Å². The number of benzene rings is 5. The van der Waals surface area contributed by atoms with Crippen LogP contribution in [0.3, 0.4) is 0 Å². The average Bonchev–Trinajstić information content (AvgIpc) is 3.18. The highest BCUT2D eigenvalue weighted by molar-refractivity contribution is 6.11. The molecule has 5 aromatic carbocycles. The molecule has 0 radical (unpaired) electrons. The molecule has 3 heteroatoms. The summed E-state index contributed by atoms with van der Waals surface area (Å²) in [5, 5.41) is 0. The SMILES string of the molecule is C/C=C\CCC(C)N=C(c1cc(/C=C/C=C(C)\C=C/C)cc(-c2ccc(N(c3ccccc3)c3ccc(C)cc3)cc2)c1)N(CCC)c1ccccc1. The summed E-state index contributed by atoms with van der Waals surface area (Å²) in [6, 6.07) is 46.1. The zero-order chi connectivity index (χ0) is 37.4. The number of hydrogen-bond donors (Lipinski definition) is 0. The van der Waals surface area contributed by atoms with Crippen molar-refractivity contribution < 1.29 is 0 Å². The first-order valence-corrected chi connectivity index (χ1v) is 19.1. The van der Waals surface area contributed by atoms with Gasteiger partial charge in [-0.25, -0.2) is 0 Å². The molecule has 1 atom stereocenters. The maximum Gasteiger partial charge on any atom is 0.135 e. The van der Waals surface area contributed by atoms with Crippen LogP contribution >= 0.6 is 0 Å². The normalized spacial score (nSPS) is 12.9. The lowest BCUT2D eigenvalue weighted by Crippen LogP contribution is -2.33. The number of hydrogen-bond acceptors (Lipinski definition) is 2. The van der Waals surface area contributed by atoms with E-state index in [9.17, 15) is 0 Å². The van der Waals surface area contributed by atoms with Crippen LogP contribution in [0.15, 0.2) is 174 Å². The third kappa shape index (κ3) is 10.9. The molecule has 0 fully saturated rings. The minimum absolute atomic E-state index is 0.156. The summed E-state index contributed by atoms with van der Waals surface area (Å²) >= 11 is 0. The smallest absolute Gasteiger partial charge is 0.135 e. The number of aliphatic imine (C=N–C) groups is 1. The average molecular weight is 698 g/mol. The molecule has 3 nitrogen and oxygen atoms in total. The molecule has 0 aliphatic heterocycles. The van der Waals surface area contributed by atoms with E-state index in [0.29, 0.717) is 0 Å². The van der Waals surface area contributed by atoms with Crippen molar-refractivity contribution in [3.8, 4) is 11.1 Å². The lowest BCUT2D eigenvalue weighted by Gasteiger charge is -2.28. The van der Waals surface area contributed by atoms with Gasteiger partial charge in [0.15, 0.2) is 0 Å². The zero-order valence-electron chi connectivity index (χ0n) is 32.4. The summed E-state index contributed by atoms with van der Waals surface area (Å²) < 4.78 is 0. The highest BCUT2D eigenvalue weighted by atomic mass is 15.2. The van der Waals surface area contributed by atoms with Gasteiger partial charge in [0.25, 0.3) is 0 Å². The summed E-state index contributed by atoms with van der Waals surface area (Å²) in [6.45, 7) is 13.7. The van der Waals surface area contributed by atoms with Gasteiger partial charge in [0.1, 0.15) is 5.84 Å². The lowest BCUT2D eigenvalue weighted by molar-refractivity contribution is 0.675. The standard InChI is InChI=1S/C50H55N3/c1-7-10-13-21-41(6)51-50(52(35-9-3)46-23-14-11-15-24-46)45-37-42(22-18-20-39(4)19-8-2)36-44(38-45)43-29-33-49(34-30-43)53(47-25-16-12-17-26-47)48-31-27-40(5)28-32-48/h7-8,10-12,14-20,22-34,36-38,41H,9,13,21,35H2,1-6H3/b10-7-,19-8-,22-18+,39-20-,51-50?. The Morgan fingerprint density at radius 3 is 1.96 bits per heavy atom. The fraction of sp³-hybridized carbons (Fsp3) is 0.220. The Morgan fingerprint density at radius 1 is 0.717 bits per heavy atom. The topological polar surface area (TPSA) is 18.8 Å². The maximum atomic E-state index is 5.49. The quantitative estimate of drug-likeness (QED) is 0.0469. The van der Waals surface area contributed by atoms with Crippen LogP contribution < -0.4 is 9.80 Å². The Bertz CT molecular complexity index is 2020. The third-order valence-electron chi connectivity index (χ3n) is 9.16. The van der Waals surface area contributed by atoms with Crippen LogP contribution in [0.2, 0.25) is 0 Å². The molecule has 0 aliphatic carbocycles. The first-order valence-electron chi connectivity index (χ1n) is 19.1.